The fraction of sp³-hybridized carbons (Fsp3) is 0.647. The number of aromatic nitrogens is 1. The number of aryl methyl sites for hydroxylation is 2. The van der Waals surface area contributed by atoms with Gasteiger partial charge >= 0.3 is 5.97 Å². The third-order valence-corrected chi connectivity index (χ3v) is 5.36. The largest absolute Gasteiger partial charge is 0.481 e. The highest BCUT2D eigenvalue weighted by Gasteiger charge is 2.52. The highest BCUT2D eigenvalue weighted by Crippen LogP contribution is 2.42. The molecule has 3 heterocycles. The van der Waals surface area contributed by atoms with E-state index in [1.807, 2.05) is 6.92 Å². The number of likely N-dealkylation sites (N-methyl/N-ethyl adjacent to an activating group) is 1. The number of rotatable bonds is 2. The maximum absolute atomic E-state index is 11.9. The first-order valence-electron chi connectivity index (χ1n) is 8.06. The Labute approximate surface area is 131 Å². The molecule has 1 aromatic heterocycles. The zero-order chi connectivity index (χ0) is 15.9. The van der Waals surface area contributed by atoms with Gasteiger partial charge in [0.1, 0.15) is 5.82 Å². The molecule has 2 aliphatic heterocycles. The number of aliphatic carboxylic acids is 1. The smallest absolute Gasteiger partial charge is 0.311 e. The SMILES string of the molecule is Cc1cc(C)nc(N2CC[C@@]3(C(=O)O)CCCN(C)[C@@H]3C2)c1. The lowest BCUT2D eigenvalue weighted by Gasteiger charge is -2.52. The van der Waals surface area contributed by atoms with E-state index >= 15 is 0 Å². The van der Waals surface area contributed by atoms with Crippen LogP contribution in [0.25, 0.3) is 0 Å². The molecule has 120 valence electrons. The second-order valence-corrected chi connectivity index (χ2v) is 6.90. The van der Waals surface area contributed by atoms with Crippen LogP contribution in [0.2, 0.25) is 0 Å². The number of likely N-dealkylation sites (tertiary alicyclic amines) is 1. The Morgan fingerprint density at radius 1 is 1.32 bits per heavy atom. The van der Waals surface area contributed by atoms with Gasteiger partial charge in [-0.25, -0.2) is 4.98 Å². The molecule has 5 nitrogen and oxygen atoms in total. The van der Waals surface area contributed by atoms with E-state index in [9.17, 15) is 9.90 Å². The van der Waals surface area contributed by atoms with Gasteiger partial charge in [0.15, 0.2) is 0 Å². The summed E-state index contributed by atoms with van der Waals surface area (Å²) < 4.78 is 0. The molecule has 2 aliphatic rings. The van der Waals surface area contributed by atoms with E-state index in [0.717, 1.165) is 44.0 Å². The van der Waals surface area contributed by atoms with Crippen LogP contribution in [-0.2, 0) is 4.79 Å². The first kappa shape index (κ1) is 15.3. The highest BCUT2D eigenvalue weighted by atomic mass is 16.4. The summed E-state index contributed by atoms with van der Waals surface area (Å²) in [4.78, 5) is 21.1. The number of carbonyl (C=O) groups is 1. The molecule has 5 heteroatoms. The van der Waals surface area contributed by atoms with Crippen molar-refractivity contribution in [3.8, 4) is 0 Å². The molecule has 3 rings (SSSR count). The predicted molar refractivity (Wildman–Crippen MR) is 86.3 cm³/mol. The van der Waals surface area contributed by atoms with Crippen LogP contribution in [-0.4, -0.2) is 53.7 Å². The van der Waals surface area contributed by atoms with E-state index in [4.69, 9.17) is 0 Å². The Balaban J connectivity index is 1.89. The van der Waals surface area contributed by atoms with E-state index in [-0.39, 0.29) is 6.04 Å². The Bertz CT molecular complexity index is 569. The minimum atomic E-state index is -0.628. The maximum atomic E-state index is 11.9. The van der Waals surface area contributed by atoms with Gasteiger partial charge in [-0.15, -0.1) is 0 Å². The first-order chi connectivity index (χ1) is 10.4. The molecule has 0 saturated carbocycles. The quantitative estimate of drug-likeness (QED) is 0.906. The monoisotopic (exact) mass is 303 g/mol. The lowest BCUT2D eigenvalue weighted by Crippen LogP contribution is -2.63. The third-order valence-electron chi connectivity index (χ3n) is 5.36. The van der Waals surface area contributed by atoms with Crippen LogP contribution in [0.15, 0.2) is 12.1 Å². The zero-order valence-electron chi connectivity index (χ0n) is 13.7. The van der Waals surface area contributed by atoms with Gasteiger partial charge in [-0.2, -0.15) is 0 Å². The van der Waals surface area contributed by atoms with Crippen LogP contribution >= 0.6 is 0 Å². The molecule has 2 fully saturated rings. The lowest BCUT2D eigenvalue weighted by molar-refractivity contribution is -0.158. The lowest BCUT2D eigenvalue weighted by atomic mass is 9.68. The summed E-state index contributed by atoms with van der Waals surface area (Å²) in [6.07, 6.45) is 2.47. The molecule has 1 aromatic rings. The first-order valence-corrected chi connectivity index (χ1v) is 8.06. The minimum absolute atomic E-state index is 0.0649. The Morgan fingerprint density at radius 3 is 2.77 bits per heavy atom. The molecule has 0 aliphatic carbocycles. The van der Waals surface area contributed by atoms with E-state index in [1.54, 1.807) is 0 Å². The van der Waals surface area contributed by atoms with Crippen molar-refractivity contribution in [1.82, 2.24) is 9.88 Å². The molecule has 0 radical (unpaired) electrons. The van der Waals surface area contributed by atoms with Crippen LogP contribution in [0, 0.1) is 19.3 Å². The number of hydrogen-bond donors (Lipinski definition) is 1. The normalized spacial score (nSPS) is 29.2. The average Bonchev–Trinajstić information content (AvgIpc) is 2.46. The fourth-order valence-corrected chi connectivity index (χ4v) is 4.17. The second kappa shape index (κ2) is 5.54. The molecular weight excluding hydrogens is 278 g/mol. The van der Waals surface area contributed by atoms with Crippen molar-refractivity contribution in [1.29, 1.82) is 0 Å². The van der Waals surface area contributed by atoms with E-state index in [2.05, 4.69) is 40.9 Å². The van der Waals surface area contributed by atoms with Gasteiger partial charge in [-0.05, 0) is 64.4 Å². The van der Waals surface area contributed by atoms with Gasteiger partial charge < -0.3 is 14.9 Å². The van der Waals surface area contributed by atoms with Crippen molar-refractivity contribution in [2.75, 3.05) is 31.6 Å². The van der Waals surface area contributed by atoms with E-state index in [1.165, 1.54) is 5.56 Å². The van der Waals surface area contributed by atoms with E-state index in [0.29, 0.717) is 6.42 Å². The zero-order valence-corrected chi connectivity index (χ0v) is 13.7. The minimum Gasteiger partial charge on any atom is -0.481 e. The summed E-state index contributed by atoms with van der Waals surface area (Å²) in [5.74, 6) is 0.354. The standard InChI is InChI=1S/C17H25N3O2/c1-12-9-13(2)18-15(10-12)20-8-6-17(16(21)22)5-4-7-19(3)14(17)11-20/h9-10,14H,4-8,11H2,1-3H3,(H,21,22)/t14-,17+/m1/s1. The summed E-state index contributed by atoms with van der Waals surface area (Å²) in [5, 5.41) is 9.83. The van der Waals surface area contributed by atoms with Crippen LogP contribution in [0.1, 0.15) is 30.5 Å². The van der Waals surface area contributed by atoms with Gasteiger partial charge in [0.25, 0.3) is 0 Å². The van der Waals surface area contributed by atoms with Gasteiger partial charge in [-0.3, -0.25) is 4.79 Å². The second-order valence-electron chi connectivity index (χ2n) is 6.90. The number of carboxylic acid groups (broad SMARTS) is 1. The molecule has 0 bridgehead atoms. The Hall–Kier alpha value is -1.62. The Morgan fingerprint density at radius 2 is 2.09 bits per heavy atom. The number of hydrogen-bond acceptors (Lipinski definition) is 4. The van der Waals surface area contributed by atoms with Crippen molar-refractivity contribution in [2.45, 2.75) is 39.2 Å². The third kappa shape index (κ3) is 2.47. The summed E-state index contributed by atoms with van der Waals surface area (Å²) in [5.41, 5.74) is 1.64. The molecule has 2 saturated heterocycles. The van der Waals surface area contributed by atoms with Crippen LogP contribution in [0.4, 0.5) is 5.82 Å². The molecule has 0 unspecified atom stereocenters. The van der Waals surface area contributed by atoms with Gasteiger partial charge in [0, 0.05) is 24.8 Å². The Kier molecular flexibility index (Phi) is 3.85. The van der Waals surface area contributed by atoms with Gasteiger partial charge in [-0.1, -0.05) is 0 Å². The number of carboxylic acids is 1. The van der Waals surface area contributed by atoms with Gasteiger partial charge in [0.05, 0.1) is 5.41 Å². The highest BCUT2D eigenvalue weighted by molar-refractivity contribution is 5.76. The molecule has 22 heavy (non-hydrogen) atoms. The van der Waals surface area contributed by atoms with Crippen LogP contribution in [0.5, 0.6) is 0 Å². The topological polar surface area (TPSA) is 56.7 Å². The molecule has 0 amide bonds. The molecule has 0 spiro atoms. The summed E-state index contributed by atoms with van der Waals surface area (Å²) >= 11 is 0. The molecular formula is C17H25N3O2. The van der Waals surface area contributed by atoms with Crippen LogP contribution in [0.3, 0.4) is 0 Å². The summed E-state index contributed by atoms with van der Waals surface area (Å²) in [7, 11) is 2.06. The maximum Gasteiger partial charge on any atom is 0.311 e. The average molecular weight is 303 g/mol. The van der Waals surface area contributed by atoms with Gasteiger partial charge in [0.2, 0.25) is 0 Å². The summed E-state index contributed by atoms with van der Waals surface area (Å²) in [6.45, 7) is 6.59. The molecule has 2 atom stereocenters. The fourth-order valence-electron chi connectivity index (χ4n) is 4.17. The summed E-state index contributed by atoms with van der Waals surface area (Å²) in [6, 6.07) is 4.24. The van der Waals surface area contributed by atoms with Crippen molar-refractivity contribution in [3.63, 3.8) is 0 Å². The van der Waals surface area contributed by atoms with Crippen molar-refractivity contribution in [3.05, 3.63) is 23.4 Å². The predicted octanol–water partition coefficient (Wildman–Crippen LogP) is 2.07. The van der Waals surface area contributed by atoms with Crippen molar-refractivity contribution >= 4 is 11.8 Å². The number of fused-ring (bicyclic) bond motifs is 1. The number of anilines is 1. The number of nitrogens with zero attached hydrogens (tertiary/aromatic N) is 3. The number of piperidine rings is 2. The molecule has 1 N–H and O–H groups in total. The van der Waals surface area contributed by atoms with Crippen molar-refractivity contribution < 1.29 is 9.90 Å². The van der Waals surface area contributed by atoms with Crippen molar-refractivity contribution in [2.24, 2.45) is 5.41 Å². The van der Waals surface area contributed by atoms with E-state index < -0.39 is 11.4 Å². The molecule has 0 aromatic carbocycles. The number of pyridine rings is 1. The van der Waals surface area contributed by atoms with Crippen LogP contribution < -0.4 is 4.90 Å².